The number of nitrogens with zero attached hydrogens (tertiary/aromatic N) is 2. The molecule has 0 saturated carbocycles. The van der Waals surface area contributed by atoms with Gasteiger partial charge in [0, 0.05) is 42.6 Å². The molecule has 0 spiro atoms. The van der Waals surface area contributed by atoms with Gasteiger partial charge in [0.15, 0.2) is 0 Å². The van der Waals surface area contributed by atoms with Crippen LogP contribution < -0.4 is 0 Å². The van der Waals surface area contributed by atoms with Gasteiger partial charge >= 0.3 is 0 Å². The van der Waals surface area contributed by atoms with E-state index in [4.69, 9.17) is 0 Å². The SMILES string of the molecule is Cc1ccc2c(c1)sc1c[c-]c(-c3cc(C(C)(C)c4ccccc4)ccn3)cc12.[Ir].[c-]1ccc(-c2ccccc2)cc1-c1ccccn1. The summed E-state index contributed by atoms with van der Waals surface area (Å²) in [6.45, 7) is 6.68. The minimum atomic E-state index is -0.0876. The van der Waals surface area contributed by atoms with Crippen LogP contribution in [0, 0.1) is 19.1 Å². The molecule has 0 saturated heterocycles. The fourth-order valence-corrected chi connectivity index (χ4v) is 7.08. The van der Waals surface area contributed by atoms with Crippen LogP contribution in [0.1, 0.15) is 30.5 Å². The number of pyridine rings is 2. The molecule has 8 aromatic rings. The van der Waals surface area contributed by atoms with Crippen molar-refractivity contribution >= 4 is 31.5 Å². The van der Waals surface area contributed by atoms with Gasteiger partial charge in [-0.2, -0.15) is 11.3 Å². The van der Waals surface area contributed by atoms with Crippen molar-refractivity contribution in [2.24, 2.45) is 0 Å². The number of aromatic nitrogens is 2. The maximum Gasteiger partial charge on any atom is 0.0242 e. The Morgan fingerprint density at radius 2 is 1.29 bits per heavy atom. The summed E-state index contributed by atoms with van der Waals surface area (Å²) in [5.74, 6) is 0. The summed E-state index contributed by atoms with van der Waals surface area (Å²) in [5.41, 5.74) is 10.2. The predicted molar refractivity (Wildman–Crippen MR) is 199 cm³/mol. The molecule has 0 amide bonds. The molecule has 0 aliphatic heterocycles. The van der Waals surface area contributed by atoms with Crippen LogP contribution in [-0.4, -0.2) is 9.97 Å². The van der Waals surface area contributed by atoms with Crippen LogP contribution in [0.4, 0.5) is 0 Å². The molecule has 8 rings (SSSR count). The molecule has 0 unspecified atom stereocenters. The van der Waals surface area contributed by atoms with E-state index in [0.29, 0.717) is 0 Å². The van der Waals surface area contributed by atoms with Gasteiger partial charge in [-0.3, -0.25) is 0 Å². The van der Waals surface area contributed by atoms with Crippen LogP contribution in [0.15, 0.2) is 152 Å². The molecule has 0 fully saturated rings. The van der Waals surface area contributed by atoms with Gasteiger partial charge in [-0.15, -0.1) is 59.2 Å². The van der Waals surface area contributed by atoms with Crippen molar-refractivity contribution in [3.05, 3.63) is 181 Å². The van der Waals surface area contributed by atoms with Crippen LogP contribution in [0.3, 0.4) is 0 Å². The average Bonchev–Trinajstić information content (AvgIpc) is 3.50. The Morgan fingerprint density at radius 1 is 0.562 bits per heavy atom. The number of fused-ring (bicyclic) bond motifs is 3. The second kappa shape index (κ2) is 14.6. The van der Waals surface area contributed by atoms with E-state index < -0.39 is 0 Å². The minimum absolute atomic E-state index is 0. The smallest absolute Gasteiger partial charge is 0.0242 e. The van der Waals surface area contributed by atoms with Crippen LogP contribution in [0.25, 0.3) is 53.8 Å². The van der Waals surface area contributed by atoms with Gasteiger partial charge in [-0.05, 0) is 68.9 Å². The molecule has 0 aliphatic rings. The summed E-state index contributed by atoms with van der Waals surface area (Å²) >= 11 is 1.83. The first-order valence-corrected chi connectivity index (χ1v) is 16.6. The summed E-state index contributed by atoms with van der Waals surface area (Å²) < 4.78 is 2.60. The molecule has 3 heterocycles. The maximum absolute atomic E-state index is 4.67. The molecule has 1 radical (unpaired) electrons. The first kappa shape index (κ1) is 33.2. The van der Waals surface area contributed by atoms with Crippen molar-refractivity contribution in [1.29, 1.82) is 0 Å². The quantitative estimate of drug-likeness (QED) is 0.162. The van der Waals surface area contributed by atoms with E-state index >= 15 is 0 Å². The van der Waals surface area contributed by atoms with Crippen molar-refractivity contribution in [3.8, 4) is 33.6 Å². The summed E-state index contributed by atoms with van der Waals surface area (Å²) in [6, 6.07) is 55.1. The summed E-state index contributed by atoms with van der Waals surface area (Å²) in [7, 11) is 0. The molecule has 237 valence electrons. The second-order valence-corrected chi connectivity index (χ2v) is 13.3. The fourth-order valence-electron chi connectivity index (χ4n) is 5.91. The van der Waals surface area contributed by atoms with Gasteiger partial charge in [0.2, 0.25) is 0 Å². The van der Waals surface area contributed by atoms with Gasteiger partial charge in [-0.1, -0.05) is 110 Å². The molecule has 3 aromatic heterocycles. The number of hydrogen-bond acceptors (Lipinski definition) is 3. The van der Waals surface area contributed by atoms with Crippen molar-refractivity contribution in [2.75, 3.05) is 0 Å². The Hall–Kier alpha value is -4.73. The molecule has 4 heteroatoms. The van der Waals surface area contributed by atoms with Crippen molar-refractivity contribution in [2.45, 2.75) is 26.2 Å². The third-order valence-electron chi connectivity index (χ3n) is 8.66. The third kappa shape index (κ3) is 7.07. The first-order valence-electron chi connectivity index (χ1n) is 15.8. The minimum Gasteiger partial charge on any atom is -0.305 e. The summed E-state index contributed by atoms with van der Waals surface area (Å²) in [4.78, 5) is 9.03. The number of hydrogen-bond donors (Lipinski definition) is 0. The van der Waals surface area contributed by atoms with E-state index in [1.807, 2.05) is 60.0 Å². The number of rotatable bonds is 5. The van der Waals surface area contributed by atoms with Crippen LogP contribution in [0.2, 0.25) is 0 Å². The zero-order valence-corrected chi connectivity index (χ0v) is 30.3. The zero-order valence-electron chi connectivity index (χ0n) is 27.1. The van der Waals surface area contributed by atoms with Gasteiger partial charge in [0.05, 0.1) is 0 Å². The molecular formula is C44H34IrN2S-2. The van der Waals surface area contributed by atoms with Crippen LogP contribution in [0.5, 0.6) is 0 Å². The number of benzene rings is 5. The zero-order chi connectivity index (χ0) is 32.2. The van der Waals surface area contributed by atoms with E-state index in [0.717, 1.165) is 22.5 Å². The molecule has 5 aromatic carbocycles. The standard InChI is InChI=1S/C27H22NS.C17H12N.Ir/c1-18-9-11-22-23-16-19(10-12-25(23)29-26(22)15-18)24-17-21(13-14-28-24)27(2,3)20-7-5-4-6-8-20;1-2-7-14(8-3-1)15-9-6-10-16(13-15)17-11-4-5-12-18-17;/h4-9,11-17H,1-3H3;1-9,11-13H;/q2*-1;. The molecular weight excluding hydrogens is 781 g/mol. The predicted octanol–water partition coefficient (Wildman–Crippen LogP) is 11.8. The van der Waals surface area contributed by atoms with E-state index in [-0.39, 0.29) is 25.5 Å². The van der Waals surface area contributed by atoms with E-state index in [1.54, 1.807) is 6.20 Å². The normalized spacial score (nSPS) is 11.1. The molecule has 0 N–H and O–H groups in total. The molecule has 2 nitrogen and oxygen atoms in total. The Kier molecular flexibility index (Phi) is 10.1. The van der Waals surface area contributed by atoms with Crippen molar-refractivity contribution < 1.29 is 20.1 Å². The van der Waals surface area contributed by atoms with E-state index in [9.17, 15) is 0 Å². The summed E-state index contributed by atoms with van der Waals surface area (Å²) in [5, 5.41) is 2.60. The Bertz CT molecular complexity index is 2220. The second-order valence-electron chi connectivity index (χ2n) is 12.2. The molecule has 0 atom stereocenters. The summed E-state index contributed by atoms with van der Waals surface area (Å²) in [6.07, 6.45) is 3.72. The fraction of sp³-hybridized carbons (Fsp3) is 0.0909. The van der Waals surface area contributed by atoms with Gasteiger partial charge < -0.3 is 9.97 Å². The first-order chi connectivity index (χ1) is 23.0. The van der Waals surface area contributed by atoms with Crippen molar-refractivity contribution in [3.63, 3.8) is 0 Å². The van der Waals surface area contributed by atoms with Gasteiger partial charge in [0.25, 0.3) is 0 Å². The topological polar surface area (TPSA) is 25.8 Å². The molecule has 48 heavy (non-hydrogen) atoms. The van der Waals surface area contributed by atoms with Crippen molar-refractivity contribution in [1.82, 2.24) is 9.97 Å². The monoisotopic (exact) mass is 815 g/mol. The molecule has 0 bridgehead atoms. The number of thiophene rings is 1. The Morgan fingerprint density at radius 3 is 2.06 bits per heavy atom. The molecule has 0 aliphatic carbocycles. The maximum atomic E-state index is 4.67. The van der Waals surface area contributed by atoms with E-state index in [2.05, 4.69) is 140 Å². The Labute approximate surface area is 300 Å². The Balaban J connectivity index is 0.000000182. The van der Waals surface area contributed by atoms with Crippen LogP contribution >= 0.6 is 11.3 Å². The van der Waals surface area contributed by atoms with Crippen LogP contribution in [-0.2, 0) is 25.5 Å². The largest absolute Gasteiger partial charge is 0.305 e. The van der Waals surface area contributed by atoms with Gasteiger partial charge in [0.1, 0.15) is 0 Å². The average molecular weight is 815 g/mol. The van der Waals surface area contributed by atoms with Gasteiger partial charge in [-0.25, -0.2) is 0 Å². The van der Waals surface area contributed by atoms with E-state index in [1.165, 1.54) is 48.0 Å². The third-order valence-corrected chi connectivity index (χ3v) is 9.78. The number of aryl methyl sites for hydroxylation is 1.